The lowest BCUT2D eigenvalue weighted by Gasteiger charge is -2.02. The van der Waals surface area contributed by atoms with Crippen LogP contribution in [0, 0.1) is 0 Å². The van der Waals surface area contributed by atoms with Gasteiger partial charge in [0.2, 0.25) is 5.82 Å². The molecule has 2 heterocycles. The van der Waals surface area contributed by atoms with E-state index in [9.17, 15) is 0 Å². The molecule has 120 valence electrons. The van der Waals surface area contributed by atoms with Crippen LogP contribution in [-0.2, 0) is 6.54 Å². The minimum absolute atomic E-state index is 0.577. The van der Waals surface area contributed by atoms with Crippen molar-refractivity contribution in [1.29, 1.82) is 0 Å². The second kappa shape index (κ2) is 6.33. The first-order valence-electron chi connectivity index (χ1n) is 7.31. The quantitative estimate of drug-likeness (QED) is 0.510. The molecule has 0 N–H and O–H groups in total. The van der Waals surface area contributed by atoms with Gasteiger partial charge in [-0.3, -0.25) is 0 Å². The number of fused-ring (bicyclic) bond motifs is 1. The Balaban J connectivity index is 1.58. The molecule has 0 aliphatic heterocycles. The van der Waals surface area contributed by atoms with Gasteiger partial charge < -0.3 is 4.74 Å². The molecule has 2 aromatic heterocycles. The van der Waals surface area contributed by atoms with Gasteiger partial charge in [-0.05, 0) is 52.6 Å². The Morgan fingerprint density at radius 3 is 2.75 bits per heavy atom. The third-order valence-corrected chi connectivity index (χ3v) is 5.24. The Kier molecular flexibility index (Phi) is 4.03. The van der Waals surface area contributed by atoms with E-state index in [4.69, 9.17) is 4.74 Å². The van der Waals surface area contributed by atoms with Crippen LogP contribution in [-0.4, -0.2) is 27.3 Å². The summed E-state index contributed by atoms with van der Waals surface area (Å²) in [5.41, 5.74) is 1.10. The third-order valence-electron chi connectivity index (χ3n) is 3.63. The Bertz CT molecular complexity index is 993. The predicted molar refractivity (Wildman–Crippen MR) is 98.4 cm³/mol. The molecule has 5 nitrogen and oxygen atoms in total. The normalized spacial score (nSPS) is 11.1. The second-order valence-electron chi connectivity index (χ2n) is 5.28. The first-order chi connectivity index (χ1) is 11.7. The summed E-state index contributed by atoms with van der Waals surface area (Å²) < 4.78 is 7.44. The van der Waals surface area contributed by atoms with Gasteiger partial charge in [0.25, 0.3) is 0 Å². The SMILES string of the molecule is COc1ccc(Cn2nnc(-c3cc4cc(Br)ccc4s3)n2)cc1. The van der Waals surface area contributed by atoms with Crippen molar-refractivity contribution in [3.8, 4) is 16.5 Å². The number of halogens is 1. The fourth-order valence-electron chi connectivity index (χ4n) is 2.43. The molecule has 0 unspecified atom stereocenters. The predicted octanol–water partition coefficient (Wildman–Crippen LogP) is 4.37. The van der Waals surface area contributed by atoms with E-state index >= 15 is 0 Å². The van der Waals surface area contributed by atoms with Crippen LogP contribution in [0.1, 0.15) is 5.56 Å². The molecule has 7 heteroatoms. The number of thiophene rings is 1. The summed E-state index contributed by atoms with van der Waals surface area (Å²) in [5, 5.41) is 14.0. The van der Waals surface area contributed by atoms with Crippen molar-refractivity contribution in [1.82, 2.24) is 20.2 Å². The molecule has 0 aliphatic carbocycles. The minimum Gasteiger partial charge on any atom is -0.497 e. The number of hydrogen-bond donors (Lipinski definition) is 0. The fourth-order valence-corrected chi connectivity index (χ4v) is 3.77. The fraction of sp³-hybridized carbons (Fsp3) is 0.118. The number of hydrogen-bond acceptors (Lipinski definition) is 5. The first kappa shape index (κ1) is 15.3. The maximum Gasteiger partial charge on any atom is 0.214 e. The number of aromatic nitrogens is 4. The van der Waals surface area contributed by atoms with Crippen molar-refractivity contribution in [2.75, 3.05) is 7.11 Å². The highest BCUT2D eigenvalue weighted by Crippen LogP contribution is 2.32. The molecule has 24 heavy (non-hydrogen) atoms. The highest BCUT2D eigenvalue weighted by atomic mass is 79.9. The van der Waals surface area contributed by atoms with Crippen LogP contribution in [0.25, 0.3) is 20.8 Å². The second-order valence-corrected chi connectivity index (χ2v) is 7.28. The summed E-state index contributed by atoms with van der Waals surface area (Å²) in [6.45, 7) is 0.577. The molecule has 2 aromatic carbocycles. The van der Waals surface area contributed by atoms with Gasteiger partial charge in [-0.1, -0.05) is 28.1 Å². The summed E-state index contributed by atoms with van der Waals surface area (Å²) >= 11 is 5.17. The van der Waals surface area contributed by atoms with Crippen molar-refractivity contribution in [2.24, 2.45) is 0 Å². The molecule has 4 rings (SSSR count). The molecule has 0 aliphatic rings. The van der Waals surface area contributed by atoms with E-state index in [0.717, 1.165) is 20.7 Å². The first-order valence-corrected chi connectivity index (χ1v) is 8.92. The molecule has 0 radical (unpaired) electrons. The lowest BCUT2D eigenvalue weighted by atomic mass is 10.2. The van der Waals surface area contributed by atoms with Crippen molar-refractivity contribution in [3.05, 3.63) is 58.6 Å². The molecular formula is C17H13BrN4OS. The molecule has 4 aromatic rings. The van der Waals surface area contributed by atoms with Gasteiger partial charge in [0.15, 0.2) is 0 Å². The summed E-state index contributed by atoms with van der Waals surface area (Å²) in [5.74, 6) is 1.49. The molecular weight excluding hydrogens is 388 g/mol. The van der Waals surface area contributed by atoms with E-state index in [1.807, 2.05) is 30.3 Å². The molecule has 0 saturated carbocycles. The van der Waals surface area contributed by atoms with Gasteiger partial charge in [0.1, 0.15) is 5.75 Å². The molecule has 0 amide bonds. The van der Waals surface area contributed by atoms with E-state index in [-0.39, 0.29) is 0 Å². The van der Waals surface area contributed by atoms with Crippen molar-refractivity contribution in [2.45, 2.75) is 6.54 Å². The summed E-state index contributed by atoms with van der Waals surface area (Å²) in [7, 11) is 1.66. The lowest BCUT2D eigenvalue weighted by molar-refractivity contribution is 0.414. The van der Waals surface area contributed by atoms with E-state index in [1.54, 1.807) is 23.2 Å². The smallest absolute Gasteiger partial charge is 0.214 e. The zero-order chi connectivity index (χ0) is 16.5. The molecule has 0 spiro atoms. The number of ether oxygens (including phenoxy) is 1. The van der Waals surface area contributed by atoms with Gasteiger partial charge in [-0.15, -0.1) is 21.5 Å². The van der Waals surface area contributed by atoms with Crippen LogP contribution >= 0.6 is 27.3 Å². The van der Waals surface area contributed by atoms with Gasteiger partial charge in [0, 0.05) is 9.17 Å². The maximum atomic E-state index is 5.17. The maximum absolute atomic E-state index is 5.17. The van der Waals surface area contributed by atoms with E-state index in [0.29, 0.717) is 12.4 Å². The summed E-state index contributed by atoms with van der Waals surface area (Å²) in [6.07, 6.45) is 0. The van der Waals surface area contributed by atoms with E-state index in [1.165, 1.54) is 10.1 Å². The van der Waals surface area contributed by atoms with Gasteiger partial charge in [0.05, 0.1) is 18.5 Å². The van der Waals surface area contributed by atoms with Gasteiger partial charge in [-0.25, -0.2) is 0 Å². The third kappa shape index (κ3) is 3.05. The van der Waals surface area contributed by atoms with Crippen LogP contribution in [0.3, 0.4) is 0 Å². The highest BCUT2D eigenvalue weighted by molar-refractivity contribution is 9.10. The van der Waals surface area contributed by atoms with Gasteiger partial charge >= 0.3 is 0 Å². The van der Waals surface area contributed by atoms with Crippen molar-refractivity contribution >= 4 is 37.4 Å². The number of benzene rings is 2. The van der Waals surface area contributed by atoms with E-state index < -0.39 is 0 Å². The minimum atomic E-state index is 0.577. The van der Waals surface area contributed by atoms with Crippen LogP contribution in [0.2, 0.25) is 0 Å². The number of rotatable bonds is 4. The zero-order valence-electron chi connectivity index (χ0n) is 12.8. The summed E-state index contributed by atoms with van der Waals surface area (Å²) in [6, 6.07) is 16.2. The number of methoxy groups -OCH3 is 1. The lowest BCUT2D eigenvalue weighted by Crippen LogP contribution is -2.03. The van der Waals surface area contributed by atoms with Crippen LogP contribution in [0.5, 0.6) is 5.75 Å². The molecule has 0 fully saturated rings. The molecule has 0 atom stereocenters. The number of tetrazole rings is 1. The van der Waals surface area contributed by atoms with Crippen LogP contribution in [0.4, 0.5) is 0 Å². The summed E-state index contributed by atoms with van der Waals surface area (Å²) in [4.78, 5) is 2.63. The van der Waals surface area contributed by atoms with Crippen molar-refractivity contribution < 1.29 is 4.74 Å². The Morgan fingerprint density at radius 1 is 1.12 bits per heavy atom. The Hall–Kier alpha value is -2.25. The standard InChI is InChI=1S/C17H13BrN4OS/c1-23-14-5-2-11(3-6-14)10-22-20-17(19-21-22)16-9-12-8-13(18)4-7-15(12)24-16/h2-9H,10H2,1H3. The molecule has 0 saturated heterocycles. The largest absolute Gasteiger partial charge is 0.497 e. The topological polar surface area (TPSA) is 52.8 Å². The van der Waals surface area contributed by atoms with Gasteiger partial charge in [-0.2, -0.15) is 4.80 Å². The van der Waals surface area contributed by atoms with Crippen molar-refractivity contribution in [3.63, 3.8) is 0 Å². The highest BCUT2D eigenvalue weighted by Gasteiger charge is 2.10. The zero-order valence-corrected chi connectivity index (χ0v) is 15.2. The van der Waals surface area contributed by atoms with E-state index in [2.05, 4.69) is 49.5 Å². The monoisotopic (exact) mass is 400 g/mol. The van der Waals surface area contributed by atoms with Crippen LogP contribution in [0.15, 0.2) is 53.0 Å². The average molecular weight is 401 g/mol. The average Bonchev–Trinajstić information content (AvgIpc) is 3.21. The Morgan fingerprint density at radius 2 is 1.96 bits per heavy atom. The molecule has 0 bridgehead atoms. The van der Waals surface area contributed by atoms with Crippen LogP contribution < -0.4 is 4.74 Å². The number of nitrogens with zero attached hydrogens (tertiary/aromatic N) is 4. The Labute approximate surface area is 151 Å².